The van der Waals surface area contributed by atoms with Gasteiger partial charge in [-0.2, -0.15) is 15.4 Å². The summed E-state index contributed by atoms with van der Waals surface area (Å²) in [4.78, 5) is 13.6. The molecule has 0 spiro atoms. The van der Waals surface area contributed by atoms with Crippen LogP contribution in [0.5, 0.6) is 0 Å². The molecule has 1 heterocycles. The van der Waals surface area contributed by atoms with Crippen LogP contribution in [-0.4, -0.2) is 30.7 Å². The molecule has 0 aliphatic carbocycles. The number of hydrogen-bond acceptors (Lipinski definition) is 4. The lowest BCUT2D eigenvalue weighted by Gasteiger charge is -2.11. The van der Waals surface area contributed by atoms with E-state index in [2.05, 4.69) is 5.10 Å². The summed E-state index contributed by atoms with van der Waals surface area (Å²) in [5.74, 6) is 0.678. The van der Waals surface area contributed by atoms with Crippen molar-refractivity contribution in [1.82, 2.24) is 4.90 Å². The van der Waals surface area contributed by atoms with Gasteiger partial charge in [0.05, 0.1) is 23.7 Å². The van der Waals surface area contributed by atoms with Gasteiger partial charge in [0.25, 0.3) is 5.91 Å². The summed E-state index contributed by atoms with van der Waals surface area (Å²) in [7, 11) is 3.71. The second kappa shape index (κ2) is 4.26. The van der Waals surface area contributed by atoms with E-state index in [1.165, 1.54) is 5.01 Å². The van der Waals surface area contributed by atoms with E-state index in [4.69, 9.17) is 5.26 Å². The number of hydrazone groups is 1. The molecular formula is C12H12N4O. The van der Waals surface area contributed by atoms with E-state index in [0.29, 0.717) is 17.7 Å². The summed E-state index contributed by atoms with van der Waals surface area (Å²) in [5, 5.41) is 14.3. The van der Waals surface area contributed by atoms with E-state index in [0.717, 1.165) is 5.84 Å². The van der Waals surface area contributed by atoms with Gasteiger partial charge in [-0.15, -0.1) is 0 Å². The first-order valence-electron chi connectivity index (χ1n) is 5.20. The van der Waals surface area contributed by atoms with Gasteiger partial charge in [0.2, 0.25) is 0 Å². The normalized spacial score (nSPS) is 14.5. The van der Waals surface area contributed by atoms with Gasteiger partial charge in [-0.25, -0.2) is 0 Å². The molecule has 5 nitrogen and oxygen atoms in total. The van der Waals surface area contributed by atoms with Crippen molar-refractivity contribution in [2.45, 2.75) is 6.42 Å². The highest BCUT2D eigenvalue weighted by atomic mass is 16.2. The molecule has 0 bridgehead atoms. The molecule has 1 amide bonds. The quantitative estimate of drug-likeness (QED) is 0.725. The topological polar surface area (TPSA) is 59.7 Å². The predicted octanol–water partition coefficient (Wildman–Crippen LogP) is 1.17. The average Bonchev–Trinajstić information content (AvgIpc) is 2.72. The number of carbonyl (C=O) groups excluding carboxylic acids is 1. The summed E-state index contributed by atoms with van der Waals surface area (Å²) >= 11 is 0. The largest absolute Gasteiger partial charge is 0.364 e. The van der Waals surface area contributed by atoms with Crippen LogP contribution in [0.2, 0.25) is 0 Å². The lowest BCUT2D eigenvalue weighted by molar-refractivity contribution is -0.116. The van der Waals surface area contributed by atoms with Crippen molar-refractivity contribution in [2.75, 3.05) is 19.1 Å². The van der Waals surface area contributed by atoms with E-state index in [1.807, 2.05) is 25.1 Å². The maximum atomic E-state index is 11.8. The lowest BCUT2D eigenvalue weighted by Crippen LogP contribution is -2.21. The van der Waals surface area contributed by atoms with Crippen molar-refractivity contribution in [3.63, 3.8) is 0 Å². The summed E-state index contributed by atoms with van der Waals surface area (Å²) in [5.41, 5.74) is 1.25. The van der Waals surface area contributed by atoms with Crippen molar-refractivity contribution in [3.8, 4) is 6.07 Å². The molecule has 2 rings (SSSR count). The van der Waals surface area contributed by atoms with E-state index in [1.54, 1.807) is 24.3 Å². The Morgan fingerprint density at radius 3 is 2.47 bits per heavy atom. The fourth-order valence-corrected chi connectivity index (χ4v) is 1.54. The van der Waals surface area contributed by atoms with Gasteiger partial charge in [-0.1, -0.05) is 0 Å². The molecule has 0 fully saturated rings. The zero-order valence-corrected chi connectivity index (χ0v) is 9.71. The Kier molecular flexibility index (Phi) is 2.79. The molecule has 0 radical (unpaired) electrons. The minimum absolute atomic E-state index is 0.0570. The van der Waals surface area contributed by atoms with Gasteiger partial charge in [0.1, 0.15) is 5.84 Å². The third-order valence-corrected chi connectivity index (χ3v) is 2.52. The molecule has 1 aromatic rings. The minimum Gasteiger partial charge on any atom is -0.364 e. The third kappa shape index (κ3) is 2.11. The van der Waals surface area contributed by atoms with Crippen LogP contribution < -0.4 is 5.01 Å². The molecule has 5 heteroatoms. The molecule has 0 N–H and O–H groups in total. The van der Waals surface area contributed by atoms with Gasteiger partial charge < -0.3 is 4.90 Å². The third-order valence-electron chi connectivity index (χ3n) is 2.52. The average molecular weight is 228 g/mol. The SMILES string of the molecule is CN(C)C1=NN(c2ccc(C#N)cc2)C(=O)C1. The molecule has 0 saturated carbocycles. The number of amidine groups is 1. The number of amides is 1. The summed E-state index contributed by atoms with van der Waals surface area (Å²) in [6.45, 7) is 0. The molecule has 0 atom stereocenters. The monoisotopic (exact) mass is 228 g/mol. The van der Waals surface area contributed by atoms with Gasteiger partial charge in [0.15, 0.2) is 0 Å². The van der Waals surface area contributed by atoms with Crippen molar-refractivity contribution in [1.29, 1.82) is 5.26 Å². The second-order valence-electron chi connectivity index (χ2n) is 3.95. The van der Waals surface area contributed by atoms with Crippen LogP contribution in [0.25, 0.3) is 0 Å². The first-order valence-corrected chi connectivity index (χ1v) is 5.20. The molecule has 0 unspecified atom stereocenters. The Morgan fingerprint density at radius 1 is 1.35 bits per heavy atom. The van der Waals surface area contributed by atoms with Crippen LogP contribution in [-0.2, 0) is 4.79 Å². The number of nitrogens with zero attached hydrogens (tertiary/aromatic N) is 4. The fraction of sp³-hybridized carbons (Fsp3) is 0.250. The van der Waals surface area contributed by atoms with E-state index < -0.39 is 0 Å². The van der Waals surface area contributed by atoms with Crippen LogP contribution in [0.4, 0.5) is 5.69 Å². The number of rotatable bonds is 1. The Balaban J connectivity index is 2.28. The van der Waals surface area contributed by atoms with Crippen molar-refractivity contribution >= 4 is 17.4 Å². The summed E-state index contributed by atoms with van der Waals surface area (Å²) in [6.07, 6.45) is 0.313. The molecule has 1 aromatic carbocycles. The number of carbonyl (C=O) groups is 1. The summed E-state index contributed by atoms with van der Waals surface area (Å²) < 4.78 is 0. The highest BCUT2D eigenvalue weighted by Crippen LogP contribution is 2.21. The number of hydrogen-bond donors (Lipinski definition) is 0. The summed E-state index contributed by atoms with van der Waals surface area (Å²) in [6, 6.07) is 8.82. The molecular weight excluding hydrogens is 216 g/mol. The van der Waals surface area contributed by atoms with Crippen LogP contribution in [0.1, 0.15) is 12.0 Å². The molecule has 1 aliphatic heterocycles. The fourth-order valence-electron chi connectivity index (χ4n) is 1.54. The smallest absolute Gasteiger partial charge is 0.255 e. The first kappa shape index (κ1) is 11.1. The Hall–Kier alpha value is -2.35. The Labute approximate surface area is 99.6 Å². The zero-order valence-electron chi connectivity index (χ0n) is 9.71. The van der Waals surface area contributed by atoms with Crippen LogP contribution in [0.15, 0.2) is 29.4 Å². The van der Waals surface area contributed by atoms with Crippen LogP contribution >= 0.6 is 0 Å². The van der Waals surface area contributed by atoms with Crippen molar-refractivity contribution in [3.05, 3.63) is 29.8 Å². The van der Waals surface area contributed by atoms with E-state index in [-0.39, 0.29) is 5.91 Å². The molecule has 17 heavy (non-hydrogen) atoms. The highest BCUT2D eigenvalue weighted by molar-refractivity contribution is 6.12. The maximum Gasteiger partial charge on any atom is 0.255 e. The van der Waals surface area contributed by atoms with Crippen molar-refractivity contribution < 1.29 is 4.79 Å². The van der Waals surface area contributed by atoms with Crippen LogP contribution in [0, 0.1) is 11.3 Å². The van der Waals surface area contributed by atoms with Gasteiger partial charge in [0, 0.05) is 14.1 Å². The first-order chi connectivity index (χ1) is 8.11. The van der Waals surface area contributed by atoms with Gasteiger partial charge in [-0.05, 0) is 24.3 Å². The van der Waals surface area contributed by atoms with E-state index in [9.17, 15) is 4.79 Å². The standard InChI is InChI=1S/C12H12N4O/c1-15(2)11-7-12(17)16(14-11)10-5-3-9(8-13)4-6-10/h3-6H,7H2,1-2H3. The number of nitriles is 1. The molecule has 0 saturated heterocycles. The minimum atomic E-state index is -0.0570. The zero-order chi connectivity index (χ0) is 12.4. The molecule has 0 aromatic heterocycles. The Morgan fingerprint density at radius 2 is 2.00 bits per heavy atom. The molecule has 1 aliphatic rings. The number of anilines is 1. The van der Waals surface area contributed by atoms with Crippen molar-refractivity contribution in [2.24, 2.45) is 5.10 Å². The van der Waals surface area contributed by atoms with Gasteiger partial charge >= 0.3 is 0 Å². The van der Waals surface area contributed by atoms with Gasteiger partial charge in [-0.3, -0.25) is 4.79 Å². The second-order valence-corrected chi connectivity index (χ2v) is 3.95. The Bertz CT molecular complexity index is 510. The molecule has 86 valence electrons. The van der Waals surface area contributed by atoms with E-state index >= 15 is 0 Å². The lowest BCUT2D eigenvalue weighted by atomic mass is 10.2. The highest BCUT2D eigenvalue weighted by Gasteiger charge is 2.26. The number of benzene rings is 1. The van der Waals surface area contributed by atoms with Crippen LogP contribution in [0.3, 0.4) is 0 Å². The maximum absolute atomic E-state index is 11.8. The predicted molar refractivity (Wildman–Crippen MR) is 64.4 cm³/mol.